The molecule has 0 bridgehead atoms. The minimum Gasteiger partial charge on any atom is -0.459 e. The minimum atomic E-state index is -0.213. The van der Waals surface area contributed by atoms with Crippen LogP contribution in [0.3, 0.4) is 0 Å². The average Bonchev–Trinajstić information content (AvgIpc) is 3.52. The van der Waals surface area contributed by atoms with E-state index in [9.17, 15) is 4.79 Å². The van der Waals surface area contributed by atoms with Crippen molar-refractivity contribution >= 4 is 22.2 Å². The normalized spacial score (nSPS) is 18.8. The van der Waals surface area contributed by atoms with Gasteiger partial charge in [-0.2, -0.15) is 0 Å². The lowest BCUT2D eigenvalue weighted by Crippen LogP contribution is -3.27. The summed E-state index contributed by atoms with van der Waals surface area (Å²) >= 11 is 1.64. The van der Waals surface area contributed by atoms with Crippen LogP contribution in [0.15, 0.2) is 77.7 Å². The van der Waals surface area contributed by atoms with Crippen LogP contribution >= 0.6 is 11.3 Å². The zero-order valence-corrected chi connectivity index (χ0v) is 21.0. The second-order valence-corrected chi connectivity index (χ2v) is 10.5. The third-order valence-corrected chi connectivity index (χ3v) is 8.15. The van der Waals surface area contributed by atoms with Crippen LogP contribution in [0.1, 0.15) is 43.7 Å². The van der Waals surface area contributed by atoms with Crippen molar-refractivity contribution in [1.29, 1.82) is 0 Å². The van der Waals surface area contributed by atoms with Gasteiger partial charge in [-0.25, -0.2) is 0 Å². The molecule has 3 aromatic heterocycles. The standard InChI is InChI=1S/C28H30N4O2S/c1-20-21(2)35-28(30-27(33)24-11-7-17-34-24)25(20)26(23-10-6-12-29-18-23)32-15-13-31(14-16-32)19-22-8-4-3-5-9-22/h3-12,17-18,26H,13-16,19H2,1-2H3,(H,30,33)/p+2. The number of thiophene rings is 1. The molecule has 1 aliphatic rings. The number of aromatic nitrogens is 1. The summed E-state index contributed by atoms with van der Waals surface area (Å²) in [6, 6.07) is 18.5. The Bertz CT molecular complexity index is 1250. The number of piperazine rings is 1. The molecule has 1 aromatic carbocycles. The monoisotopic (exact) mass is 488 g/mol. The van der Waals surface area contributed by atoms with Crippen molar-refractivity contribution in [3.05, 3.63) is 106 Å². The van der Waals surface area contributed by atoms with E-state index in [1.807, 2.05) is 18.5 Å². The zero-order chi connectivity index (χ0) is 24.2. The molecule has 1 fully saturated rings. The van der Waals surface area contributed by atoms with Gasteiger partial charge >= 0.3 is 0 Å². The summed E-state index contributed by atoms with van der Waals surface area (Å²) in [6.07, 6.45) is 5.33. The summed E-state index contributed by atoms with van der Waals surface area (Å²) in [7, 11) is 0. The maximum atomic E-state index is 12.9. The van der Waals surface area contributed by atoms with Gasteiger partial charge in [0.25, 0.3) is 5.91 Å². The molecular weight excluding hydrogens is 456 g/mol. The number of quaternary nitrogens is 2. The van der Waals surface area contributed by atoms with Gasteiger partial charge in [0.2, 0.25) is 0 Å². The van der Waals surface area contributed by atoms with E-state index >= 15 is 0 Å². The Morgan fingerprint density at radius 2 is 1.86 bits per heavy atom. The summed E-state index contributed by atoms with van der Waals surface area (Å²) < 4.78 is 5.34. The van der Waals surface area contributed by atoms with Crippen molar-refractivity contribution in [3.8, 4) is 0 Å². The fourth-order valence-corrected chi connectivity index (χ4v) is 6.18. The average molecular weight is 489 g/mol. The van der Waals surface area contributed by atoms with Crippen LogP contribution in [0.4, 0.5) is 5.00 Å². The number of carbonyl (C=O) groups excluding carboxylic acids is 1. The van der Waals surface area contributed by atoms with Crippen molar-refractivity contribution < 1.29 is 19.0 Å². The molecule has 5 rings (SSSR count). The fourth-order valence-electron chi connectivity index (χ4n) is 5.09. The number of furan rings is 1. The molecule has 0 saturated carbocycles. The van der Waals surface area contributed by atoms with Crippen molar-refractivity contribution in [2.75, 3.05) is 31.5 Å². The molecule has 3 N–H and O–H groups in total. The first-order valence-corrected chi connectivity index (χ1v) is 13.0. The lowest BCUT2D eigenvalue weighted by Gasteiger charge is -2.35. The first-order chi connectivity index (χ1) is 17.1. The van der Waals surface area contributed by atoms with E-state index < -0.39 is 0 Å². The van der Waals surface area contributed by atoms with Gasteiger partial charge in [0, 0.05) is 28.4 Å². The van der Waals surface area contributed by atoms with Crippen LogP contribution in [-0.2, 0) is 6.54 Å². The van der Waals surface area contributed by atoms with Gasteiger partial charge in [-0.05, 0) is 43.7 Å². The first-order valence-electron chi connectivity index (χ1n) is 12.2. The van der Waals surface area contributed by atoms with Gasteiger partial charge in [0.1, 0.15) is 43.8 Å². The fraction of sp³-hybridized carbons (Fsp3) is 0.286. The molecule has 1 unspecified atom stereocenters. The van der Waals surface area contributed by atoms with E-state index in [4.69, 9.17) is 4.42 Å². The SMILES string of the molecule is Cc1sc(NC(=O)c2ccco2)c(C(c2cccnc2)[NH+]2CC[NH+](Cc3ccccc3)CC2)c1C. The van der Waals surface area contributed by atoms with Gasteiger partial charge in [-0.3, -0.25) is 9.78 Å². The lowest BCUT2D eigenvalue weighted by atomic mass is 9.95. The van der Waals surface area contributed by atoms with Crippen LogP contribution in [0.2, 0.25) is 0 Å². The number of rotatable bonds is 7. The Morgan fingerprint density at radius 3 is 2.54 bits per heavy atom. The van der Waals surface area contributed by atoms with E-state index in [0.717, 1.165) is 37.7 Å². The van der Waals surface area contributed by atoms with Crippen LogP contribution in [-0.4, -0.2) is 37.1 Å². The molecular formula is C28H32N4O2S+2. The summed E-state index contributed by atoms with van der Waals surface area (Å²) in [6.45, 7) is 9.69. The van der Waals surface area contributed by atoms with E-state index in [1.165, 1.54) is 38.3 Å². The van der Waals surface area contributed by atoms with Gasteiger partial charge in [0.15, 0.2) is 5.76 Å². The van der Waals surface area contributed by atoms with Gasteiger partial charge in [-0.1, -0.05) is 30.3 Å². The molecule has 1 atom stereocenters. The molecule has 6 nitrogen and oxygen atoms in total. The highest BCUT2D eigenvalue weighted by Crippen LogP contribution is 2.38. The molecule has 1 saturated heterocycles. The molecule has 1 aliphatic heterocycles. The molecule has 4 heterocycles. The lowest BCUT2D eigenvalue weighted by molar-refractivity contribution is -1.03. The number of benzene rings is 1. The predicted molar refractivity (Wildman–Crippen MR) is 138 cm³/mol. The van der Waals surface area contributed by atoms with Crippen LogP contribution in [0.25, 0.3) is 0 Å². The number of nitrogens with zero attached hydrogens (tertiary/aromatic N) is 1. The van der Waals surface area contributed by atoms with Gasteiger partial charge in [0.05, 0.1) is 11.8 Å². The van der Waals surface area contributed by atoms with E-state index in [0.29, 0.717) is 5.76 Å². The second kappa shape index (κ2) is 10.6. The van der Waals surface area contributed by atoms with Crippen molar-refractivity contribution in [2.45, 2.75) is 26.4 Å². The Morgan fingerprint density at radius 1 is 1.06 bits per heavy atom. The molecule has 0 radical (unpaired) electrons. The Balaban J connectivity index is 1.42. The minimum absolute atomic E-state index is 0.110. The summed E-state index contributed by atoms with van der Waals surface area (Å²) in [5.74, 6) is 0.109. The number of amides is 1. The van der Waals surface area contributed by atoms with Crippen LogP contribution < -0.4 is 15.1 Å². The highest BCUT2D eigenvalue weighted by Gasteiger charge is 2.36. The molecule has 4 aromatic rings. The van der Waals surface area contributed by atoms with E-state index in [2.05, 4.69) is 60.5 Å². The number of aryl methyl sites for hydroxylation is 1. The van der Waals surface area contributed by atoms with E-state index in [1.54, 1.807) is 28.4 Å². The molecule has 1 amide bonds. The third-order valence-electron chi connectivity index (χ3n) is 7.01. The quantitative estimate of drug-likeness (QED) is 0.375. The zero-order valence-electron chi connectivity index (χ0n) is 20.2. The Kier molecular flexibility index (Phi) is 7.08. The van der Waals surface area contributed by atoms with Crippen molar-refractivity contribution in [1.82, 2.24) is 4.98 Å². The Labute approximate surface area is 210 Å². The number of carbonyl (C=O) groups is 1. The van der Waals surface area contributed by atoms with Gasteiger partial charge in [-0.15, -0.1) is 11.3 Å². The molecule has 0 spiro atoms. The molecule has 0 aliphatic carbocycles. The number of pyridine rings is 1. The predicted octanol–water partition coefficient (Wildman–Crippen LogP) is 2.68. The molecule has 7 heteroatoms. The maximum absolute atomic E-state index is 12.9. The molecule has 35 heavy (non-hydrogen) atoms. The highest BCUT2D eigenvalue weighted by atomic mass is 32.1. The number of anilines is 1. The van der Waals surface area contributed by atoms with Crippen molar-refractivity contribution in [2.24, 2.45) is 0 Å². The number of hydrogen-bond acceptors (Lipinski definition) is 4. The maximum Gasteiger partial charge on any atom is 0.291 e. The smallest absolute Gasteiger partial charge is 0.291 e. The second-order valence-electron chi connectivity index (χ2n) is 9.25. The summed E-state index contributed by atoms with van der Waals surface area (Å²) in [4.78, 5) is 21.7. The third kappa shape index (κ3) is 5.22. The molecule has 180 valence electrons. The topological polar surface area (TPSA) is 64.0 Å². The van der Waals surface area contributed by atoms with Gasteiger partial charge < -0.3 is 19.5 Å². The van der Waals surface area contributed by atoms with Crippen LogP contribution in [0.5, 0.6) is 0 Å². The Hall–Kier alpha value is -3.26. The highest BCUT2D eigenvalue weighted by molar-refractivity contribution is 7.16. The number of hydrogen-bond donors (Lipinski definition) is 3. The summed E-state index contributed by atoms with van der Waals surface area (Å²) in [5, 5.41) is 4.06. The number of nitrogens with one attached hydrogen (secondary N) is 3. The van der Waals surface area contributed by atoms with E-state index in [-0.39, 0.29) is 11.9 Å². The van der Waals surface area contributed by atoms with Crippen molar-refractivity contribution in [3.63, 3.8) is 0 Å². The van der Waals surface area contributed by atoms with Crippen LogP contribution in [0, 0.1) is 13.8 Å². The largest absolute Gasteiger partial charge is 0.459 e. The summed E-state index contributed by atoms with van der Waals surface area (Å²) in [5.41, 5.74) is 5.01. The first kappa shape index (κ1) is 23.5.